The van der Waals surface area contributed by atoms with Crippen LogP contribution in [0.3, 0.4) is 0 Å². The van der Waals surface area contributed by atoms with Gasteiger partial charge in [0.05, 0.1) is 16.9 Å². The molecule has 0 fully saturated rings. The zero-order valence-corrected chi connectivity index (χ0v) is 19.2. The summed E-state index contributed by atoms with van der Waals surface area (Å²) >= 11 is 0. The van der Waals surface area contributed by atoms with Gasteiger partial charge in [-0.05, 0) is 60.0 Å². The molecule has 0 aliphatic carbocycles. The molecular formula is C25H19F4NO4S. The summed E-state index contributed by atoms with van der Waals surface area (Å²) in [5.74, 6) is -1.57. The standard InChI is InChI=1S/C25H19F4NO4S/c1-35(32,33)19-9-4-16(5-10-19)20(12-15-2-7-18(26)8-3-15)22(31)14-24-30-21-13-17(25(27,28)29)6-11-23(21)34-24/h2-11,13,20H,12,14H2,1H3. The Labute approximate surface area is 198 Å². The van der Waals surface area contributed by atoms with Crippen molar-refractivity contribution in [1.82, 2.24) is 4.98 Å². The number of ketones is 1. The highest BCUT2D eigenvalue weighted by atomic mass is 32.2. The first-order valence-electron chi connectivity index (χ1n) is 10.4. The molecule has 0 bridgehead atoms. The van der Waals surface area contributed by atoms with Crippen molar-refractivity contribution < 1.29 is 35.2 Å². The number of carbonyl (C=O) groups excluding carboxylic acids is 1. The summed E-state index contributed by atoms with van der Waals surface area (Å²) in [4.78, 5) is 17.4. The van der Waals surface area contributed by atoms with Crippen LogP contribution in [0.2, 0.25) is 0 Å². The average molecular weight is 505 g/mol. The molecule has 1 aromatic heterocycles. The number of carbonyl (C=O) groups is 1. The Balaban J connectivity index is 1.64. The minimum atomic E-state index is -4.54. The van der Waals surface area contributed by atoms with Crippen molar-refractivity contribution in [2.24, 2.45) is 0 Å². The molecule has 3 aromatic carbocycles. The summed E-state index contributed by atoms with van der Waals surface area (Å²) in [6.07, 6.45) is -3.58. The number of rotatable bonds is 7. The fourth-order valence-corrected chi connectivity index (χ4v) is 4.35. The Morgan fingerprint density at radius 3 is 2.26 bits per heavy atom. The van der Waals surface area contributed by atoms with E-state index in [1.165, 1.54) is 36.4 Å². The number of Topliss-reactive ketones (excluding diaryl/α,β-unsaturated/α-hetero) is 1. The number of sulfone groups is 1. The molecule has 1 heterocycles. The summed E-state index contributed by atoms with van der Waals surface area (Å²) in [6.45, 7) is 0. The molecule has 0 radical (unpaired) electrons. The molecule has 0 amide bonds. The molecule has 1 atom stereocenters. The molecule has 35 heavy (non-hydrogen) atoms. The number of hydrogen-bond acceptors (Lipinski definition) is 5. The van der Waals surface area contributed by atoms with Gasteiger partial charge in [0.2, 0.25) is 5.89 Å². The molecule has 10 heteroatoms. The second-order valence-corrected chi connectivity index (χ2v) is 10.2. The van der Waals surface area contributed by atoms with Crippen molar-refractivity contribution in [3.8, 4) is 0 Å². The molecule has 4 rings (SSSR count). The van der Waals surface area contributed by atoms with Crippen LogP contribution in [0.1, 0.15) is 28.5 Å². The normalized spacial score (nSPS) is 13.2. The number of benzene rings is 3. The van der Waals surface area contributed by atoms with E-state index in [0.717, 1.165) is 24.5 Å². The van der Waals surface area contributed by atoms with E-state index in [-0.39, 0.29) is 40.5 Å². The van der Waals surface area contributed by atoms with Crippen molar-refractivity contribution >= 4 is 26.7 Å². The number of hydrogen-bond donors (Lipinski definition) is 0. The Hall–Kier alpha value is -3.53. The molecule has 0 saturated carbocycles. The molecule has 0 spiro atoms. The first-order chi connectivity index (χ1) is 16.4. The SMILES string of the molecule is CS(=O)(=O)c1ccc(C(Cc2ccc(F)cc2)C(=O)Cc2nc3cc(C(F)(F)F)ccc3o2)cc1. The van der Waals surface area contributed by atoms with E-state index in [1.807, 2.05) is 0 Å². The van der Waals surface area contributed by atoms with E-state index in [4.69, 9.17) is 4.42 Å². The highest BCUT2D eigenvalue weighted by Gasteiger charge is 2.31. The number of aromatic nitrogens is 1. The van der Waals surface area contributed by atoms with Gasteiger partial charge in [-0.1, -0.05) is 24.3 Å². The predicted molar refractivity (Wildman–Crippen MR) is 120 cm³/mol. The lowest BCUT2D eigenvalue weighted by molar-refractivity contribution is -0.137. The predicted octanol–water partition coefficient (Wildman–Crippen LogP) is 5.53. The van der Waals surface area contributed by atoms with Crippen LogP contribution in [0.25, 0.3) is 11.1 Å². The van der Waals surface area contributed by atoms with Gasteiger partial charge in [0, 0.05) is 12.2 Å². The third kappa shape index (κ3) is 5.76. The largest absolute Gasteiger partial charge is 0.440 e. The topological polar surface area (TPSA) is 77.2 Å². The van der Waals surface area contributed by atoms with Crippen LogP contribution >= 0.6 is 0 Å². The quantitative estimate of drug-likeness (QED) is 0.309. The van der Waals surface area contributed by atoms with E-state index in [1.54, 1.807) is 12.1 Å². The highest BCUT2D eigenvalue weighted by Crippen LogP contribution is 2.32. The van der Waals surface area contributed by atoms with Crippen LogP contribution in [-0.2, 0) is 33.6 Å². The number of nitrogens with zero attached hydrogens (tertiary/aromatic N) is 1. The fraction of sp³-hybridized carbons (Fsp3) is 0.200. The Morgan fingerprint density at radius 1 is 1.00 bits per heavy atom. The lowest BCUT2D eigenvalue weighted by atomic mass is 9.87. The second kappa shape index (κ2) is 9.26. The van der Waals surface area contributed by atoms with Gasteiger partial charge in [-0.15, -0.1) is 0 Å². The zero-order chi connectivity index (χ0) is 25.4. The van der Waals surface area contributed by atoms with Gasteiger partial charge >= 0.3 is 6.18 Å². The lowest BCUT2D eigenvalue weighted by Crippen LogP contribution is -2.18. The Bertz CT molecular complexity index is 1470. The average Bonchev–Trinajstić information content (AvgIpc) is 3.19. The molecule has 0 aliphatic rings. The van der Waals surface area contributed by atoms with E-state index < -0.39 is 33.3 Å². The molecule has 0 aliphatic heterocycles. The summed E-state index contributed by atoms with van der Waals surface area (Å²) in [6, 6.07) is 14.4. The monoisotopic (exact) mass is 505 g/mol. The molecule has 182 valence electrons. The van der Waals surface area contributed by atoms with E-state index in [9.17, 15) is 30.8 Å². The van der Waals surface area contributed by atoms with E-state index in [2.05, 4.69) is 4.98 Å². The Kier molecular flexibility index (Phi) is 6.50. The van der Waals surface area contributed by atoms with Crippen LogP contribution in [0.4, 0.5) is 17.6 Å². The lowest BCUT2D eigenvalue weighted by Gasteiger charge is -2.16. The van der Waals surface area contributed by atoms with Crippen molar-refractivity contribution in [2.75, 3.05) is 6.26 Å². The second-order valence-electron chi connectivity index (χ2n) is 8.16. The number of fused-ring (bicyclic) bond motifs is 1. The van der Waals surface area contributed by atoms with Gasteiger partial charge in [0.1, 0.15) is 17.1 Å². The summed E-state index contributed by atoms with van der Waals surface area (Å²) in [5, 5.41) is 0. The van der Waals surface area contributed by atoms with Crippen LogP contribution in [0.5, 0.6) is 0 Å². The molecule has 5 nitrogen and oxygen atoms in total. The maximum absolute atomic E-state index is 13.3. The van der Waals surface area contributed by atoms with E-state index in [0.29, 0.717) is 11.1 Å². The fourth-order valence-electron chi connectivity index (χ4n) is 3.72. The Morgan fingerprint density at radius 2 is 1.66 bits per heavy atom. The van der Waals surface area contributed by atoms with Gasteiger partial charge in [0.15, 0.2) is 15.4 Å². The van der Waals surface area contributed by atoms with Crippen molar-refractivity contribution in [1.29, 1.82) is 0 Å². The van der Waals surface area contributed by atoms with Crippen molar-refractivity contribution in [3.05, 3.63) is 95.1 Å². The zero-order valence-electron chi connectivity index (χ0n) is 18.3. The number of halogens is 4. The summed E-state index contributed by atoms with van der Waals surface area (Å²) in [7, 11) is -3.44. The third-order valence-corrected chi connectivity index (χ3v) is 6.67. The van der Waals surface area contributed by atoms with Gasteiger partial charge < -0.3 is 4.42 Å². The smallest absolute Gasteiger partial charge is 0.416 e. The van der Waals surface area contributed by atoms with Crippen LogP contribution < -0.4 is 0 Å². The molecule has 0 N–H and O–H groups in total. The highest BCUT2D eigenvalue weighted by molar-refractivity contribution is 7.90. The van der Waals surface area contributed by atoms with Crippen molar-refractivity contribution in [2.45, 2.75) is 29.8 Å². The van der Waals surface area contributed by atoms with Gasteiger partial charge in [-0.25, -0.2) is 17.8 Å². The van der Waals surface area contributed by atoms with Gasteiger partial charge in [0.25, 0.3) is 0 Å². The van der Waals surface area contributed by atoms with Crippen LogP contribution in [0, 0.1) is 5.82 Å². The third-order valence-electron chi connectivity index (χ3n) is 5.54. The minimum Gasteiger partial charge on any atom is -0.440 e. The van der Waals surface area contributed by atoms with Gasteiger partial charge in [-0.3, -0.25) is 4.79 Å². The molecule has 4 aromatic rings. The van der Waals surface area contributed by atoms with Gasteiger partial charge in [-0.2, -0.15) is 13.2 Å². The first kappa shape index (κ1) is 24.6. The van der Waals surface area contributed by atoms with Crippen LogP contribution in [-0.4, -0.2) is 25.4 Å². The minimum absolute atomic E-state index is 0.0183. The maximum atomic E-state index is 13.3. The number of oxazole rings is 1. The van der Waals surface area contributed by atoms with E-state index >= 15 is 0 Å². The molecule has 1 unspecified atom stereocenters. The van der Waals surface area contributed by atoms with Crippen molar-refractivity contribution in [3.63, 3.8) is 0 Å². The summed E-state index contributed by atoms with van der Waals surface area (Å²) in [5.41, 5.74) is 0.423. The summed E-state index contributed by atoms with van der Waals surface area (Å²) < 4.78 is 81.4. The van der Waals surface area contributed by atoms with Crippen LogP contribution in [0.15, 0.2) is 76.0 Å². The first-order valence-corrected chi connectivity index (χ1v) is 12.3. The number of alkyl halides is 3. The maximum Gasteiger partial charge on any atom is 0.416 e. The molecule has 0 saturated heterocycles. The molecular weight excluding hydrogens is 486 g/mol.